The standard InChI is InChI=1S/C38H47ClFN5O5/c1-23(2)15-32(41-36(48)29-9-8-12-44(37(29)49)14-13-43-21-38(22-43)10-6-7-11-38)45(50)42-31(20-33(46)47)30-19-27(16-26(5)35(30)40)34-24(3)17-28(39)18-25(34)4/h8-9,12,16-19,23,31-32H,6-7,10-11,13-15,20-22H2,1-5H3,(H2-,41,42,46,47,48,50)/p+1/t31-,32+/m0/s1. The highest BCUT2D eigenvalue weighted by molar-refractivity contribution is 6.30. The van der Waals surface area contributed by atoms with Crippen LogP contribution in [0, 0.1) is 42.8 Å². The predicted molar refractivity (Wildman–Crippen MR) is 192 cm³/mol. The average Bonchev–Trinajstić information content (AvgIpc) is 3.50. The maximum absolute atomic E-state index is 15.8. The quantitative estimate of drug-likeness (QED) is 0.0967. The van der Waals surface area contributed by atoms with Gasteiger partial charge in [0.15, 0.2) is 0 Å². The zero-order valence-electron chi connectivity index (χ0n) is 29.5. The molecule has 1 spiro atoms. The summed E-state index contributed by atoms with van der Waals surface area (Å²) in [5, 5.41) is 13.0. The maximum Gasteiger partial charge on any atom is 0.308 e. The molecule has 1 amide bonds. The molecule has 50 heavy (non-hydrogen) atoms. The number of hydrogen-bond acceptors (Lipinski definition) is 5. The molecular weight excluding hydrogens is 661 g/mol. The summed E-state index contributed by atoms with van der Waals surface area (Å²) in [4.78, 5) is 55.4. The summed E-state index contributed by atoms with van der Waals surface area (Å²) >= 11 is 6.25. The molecule has 0 radical (unpaired) electrons. The second kappa shape index (κ2) is 15.4. The van der Waals surface area contributed by atoms with Crippen LogP contribution in [0.25, 0.3) is 11.1 Å². The van der Waals surface area contributed by atoms with Crippen LogP contribution in [-0.2, 0) is 11.3 Å². The Bertz CT molecular complexity index is 1810. The highest BCUT2D eigenvalue weighted by atomic mass is 35.5. The number of halogens is 2. The van der Waals surface area contributed by atoms with Gasteiger partial charge in [-0.3, -0.25) is 19.7 Å². The van der Waals surface area contributed by atoms with Gasteiger partial charge >= 0.3 is 12.1 Å². The summed E-state index contributed by atoms with van der Waals surface area (Å²) in [6.07, 6.45) is 5.13. The van der Waals surface area contributed by atoms with E-state index >= 15 is 4.39 Å². The number of aliphatic carboxylic acids is 1. The number of amides is 1. The molecule has 3 aromatic rings. The van der Waals surface area contributed by atoms with Crippen molar-refractivity contribution in [3.05, 3.63) is 96.5 Å². The zero-order chi connectivity index (χ0) is 36.3. The van der Waals surface area contributed by atoms with Crippen LogP contribution in [0.1, 0.15) is 91.0 Å². The minimum Gasteiger partial charge on any atom is -0.481 e. The number of aryl methyl sites for hydroxylation is 3. The molecule has 1 aliphatic heterocycles. The second-order valence-corrected chi connectivity index (χ2v) is 15.1. The summed E-state index contributed by atoms with van der Waals surface area (Å²) in [6, 6.07) is 8.62. The highest BCUT2D eigenvalue weighted by Gasteiger charge is 2.44. The fourth-order valence-electron chi connectivity index (χ4n) is 7.73. The van der Waals surface area contributed by atoms with Gasteiger partial charge < -0.3 is 14.6 Å². The molecule has 2 atom stereocenters. The fraction of sp³-hybridized carbons (Fsp3) is 0.500. The number of nitrogens with one attached hydrogen (secondary N) is 2. The normalized spacial score (nSPS) is 16.6. The molecule has 0 bridgehead atoms. The van der Waals surface area contributed by atoms with E-state index in [1.54, 1.807) is 43.5 Å². The molecule has 5 rings (SSSR count). The van der Waals surface area contributed by atoms with E-state index in [1.165, 1.54) is 36.3 Å². The van der Waals surface area contributed by atoms with E-state index in [0.717, 1.165) is 29.8 Å². The van der Waals surface area contributed by atoms with Crippen LogP contribution in [0.2, 0.25) is 5.02 Å². The Morgan fingerprint density at radius 1 is 1.04 bits per heavy atom. The molecule has 2 heterocycles. The third-order valence-electron chi connectivity index (χ3n) is 10.1. The lowest BCUT2D eigenvalue weighted by atomic mass is 9.78. The SMILES string of the molecule is Cc1cc(-c2c(C)cc(Cl)cc2C)cc([C@H](CC(=O)O)N[N+](=O)[C@H](CC(C)C)NC(=O)c2cccn(CCN3CC4(CCCC4)C3)c2=O)c1F. The summed E-state index contributed by atoms with van der Waals surface area (Å²) in [5.74, 6) is -2.68. The van der Waals surface area contributed by atoms with Gasteiger partial charge in [-0.25, -0.2) is 4.39 Å². The summed E-state index contributed by atoms with van der Waals surface area (Å²) in [7, 11) is 0. The zero-order valence-corrected chi connectivity index (χ0v) is 30.3. The van der Waals surface area contributed by atoms with Crippen LogP contribution < -0.4 is 16.3 Å². The van der Waals surface area contributed by atoms with E-state index in [0.29, 0.717) is 34.0 Å². The first kappa shape index (κ1) is 37.2. The molecule has 12 heteroatoms. The number of carbonyl (C=O) groups is 2. The van der Waals surface area contributed by atoms with Crippen LogP contribution in [0.3, 0.4) is 0 Å². The van der Waals surface area contributed by atoms with Gasteiger partial charge in [0.25, 0.3) is 11.5 Å². The number of aromatic nitrogens is 1. The number of nitroso groups, excluding NO2 is 1. The third kappa shape index (κ3) is 8.43. The van der Waals surface area contributed by atoms with Crippen molar-refractivity contribution in [2.75, 3.05) is 19.6 Å². The Balaban J connectivity index is 1.35. The average molecular weight is 709 g/mol. The molecule has 1 aliphatic carbocycles. The number of likely N-dealkylation sites (tertiary alicyclic amines) is 1. The molecule has 268 valence electrons. The van der Waals surface area contributed by atoms with Gasteiger partial charge in [0, 0.05) is 49.4 Å². The first-order chi connectivity index (χ1) is 23.7. The Kier molecular flexibility index (Phi) is 11.5. The number of hydrazine groups is 1. The van der Waals surface area contributed by atoms with Crippen molar-refractivity contribution >= 4 is 23.5 Å². The van der Waals surface area contributed by atoms with E-state index in [-0.39, 0.29) is 29.0 Å². The van der Waals surface area contributed by atoms with E-state index in [4.69, 9.17) is 11.6 Å². The molecule has 1 saturated carbocycles. The molecule has 1 saturated heterocycles. The smallest absolute Gasteiger partial charge is 0.308 e. The minimum absolute atomic E-state index is 0.00127. The highest BCUT2D eigenvalue weighted by Crippen LogP contribution is 2.45. The molecule has 2 fully saturated rings. The van der Waals surface area contributed by atoms with Crippen molar-refractivity contribution < 1.29 is 24.0 Å². The number of carboxylic acids is 1. The van der Waals surface area contributed by atoms with E-state index < -0.39 is 41.9 Å². The molecule has 2 aliphatic rings. The van der Waals surface area contributed by atoms with Gasteiger partial charge in [-0.2, -0.15) is 0 Å². The fourth-order valence-corrected chi connectivity index (χ4v) is 8.06. The lowest BCUT2D eigenvalue weighted by molar-refractivity contribution is -0.652. The van der Waals surface area contributed by atoms with Crippen molar-refractivity contribution in [1.29, 1.82) is 0 Å². The minimum atomic E-state index is -1.28. The summed E-state index contributed by atoms with van der Waals surface area (Å²) in [6.45, 7) is 12.3. The third-order valence-corrected chi connectivity index (χ3v) is 10.3. The molecule has 3 N–H and O–H groups in total. The number of carbonyl (C=O) groups excluding carboxylic acids is 1. The number of nitrogens with zero attached hydrogens (tertiary/aromatic N) is 3. The second-order valence-electron chi connectivity index (χ2n) is 14.7. The van der Waals surface area contributed by atoms with Crippen molar-refractivity contribution in [2.45, 2.75) is 91.9 Å². The van der Waals surface area contributed by atoms with Crippen LogP contribution in [-0.4, -0.2) is 57.1 Å². The van der Waals surface area contributed by atoms with Crippen molar-refractivity contribution in [3.8, 4) is 11.1 Å². The molecule has 2 aromatic carbocycles. The number of rotatable bonds is 14. The van der Waals surface area contributed by atoms with Crippen LogP contribution in [0.4, 0.5) is 4.39 Å². The molecule has 10 nitrogen and oxygen atoms in total. The molecule has 0 unspecified atom stereocenters. The maximum atomic E-state index is 15.8. The monoisotopic (exact) mass is 708 g/mol. The van der Waals surface area contributed by atoms with E-state index in [9.17, 15) is 24.4 Å². The largest absolute Gasteiger partial charge is 0.481 e. The predicted octanol–water partition coefficient (Wildman–Crippen LogP) is 6.71. The van der Waals surface area contributed by atoms with Gasteiger partial charge in [-0.05, 0) is 109 Å². The number of hydrogen-bond donors (Lipinski definition) is 3. The van der Waals surface area contributed by atoms with Gasteiger partial charge in [0.2, 0.25) is 0 Å². The van der Waals surface area contributed by atoms with Crippen molar-refractivity contribution in [2.24, 2.45) is 11.3 Å². The topological polar surface area (TPSA) is 124 Å². The summed E-state index contributed by atoms with van der Waals surface area (Å²) < 4.78 is 17.3. The number of benzene rings is 2. The van der Waals surface area contributed by atoms with Crippen LogP contribution in [0.5, 0.6) is 0 Å². The number of pyridine rings is 1. The van der Waals surface area contributed by atoms with Gasteiger partial charge in [-0.15, -0.1) is 5.43 Å². The lowest BCUT2D eigenvalue weighted by Crippen LogP contribution is -2.55. The Hall–Kier alpha value is -4.09. The van der Waals surface area contributed by atoms with Crippen LogP contribution in [0.15, 0.2) is 47.4 Å². The van der Waals surface area contributed by atoms with E-state index in [1.807, 2.05) is 27.7 Å². The molecular formula is C38H48ClFN5O5+. The summed E-state index contributed by atoms with van der Waals surface area (Å²) in [5.41, 5.74) is 6.00. The lowest BCUT2D eigenvalue weighted by Gasteiger charge is -2.48. The Morgan fingerprint density at radius 3 is 2.32 bits per heavy atom. The number of carboxylic acid groups (broad SMARTS) is 1. The first-order valence-electron chi connectivity index (χ1n) is 17.4. The van der Waals surface area contributed by atoms with E-state index in [2.05, 4.69) is 15.6 Å². The van der Waals surface area contributed by atoms with Gasteiger partial charge in [0.1, 0.15) is 22.3 Å². The van der Waals surface area contributed by atoms with Crippen molar-refractivity contribution in [3.63, 3.8) is 0 Å². The van der Waals surface area contributed by atoms with Crippen molar-refractivity contribution in [1.82, 2.24) is 20.2 Å². The molecule has 1 aromatic heterocycles. The first-order valence-corrected chi connectivity index (χ1v) is 17.8. The van der Waals surface area contributed by atoms with Gasteiger partial charge in [-0.1, -0.05) is 38.3 Å². The van der Waals surface area contributed by atoms with Crippen LogP contribution >= 0.6 is 11.6 Å². The van der Waals surface area contributed by atoms with Gasteiger partial charge in [0.05, 0.1) is 11.3 Å². The Labute approximate surface area is 297 Å². The Morgan fingerprint density at radius 2 is 1.70 bits per heavy atom.